The van der Waals surface area contributed by atoms with Crippen molar-refractivity contribution in [2.24, 2.45) is 5.73 Å². The Morgan fingerprint density at radius 2 is 2.20 bits per heavy atom. The van der Waals surface area contributed by atoms with Crippen molar-refractivity contribution < 1.29 is 14.2 Å². The molecule has 1 saturated carbocycles. The fraction of sp³-hybridized carbons (Fsp3) is 0.400. The molecule has 0 bridgehead atoms. The Balaban J connectivity index is 2.68. The van der Waals surface area contributed by atoms with Gasteiger partial charge in [-0.2, -0.15) is 0 Å². The smallest absolute Gasteiger partial charge is 0.168 e. The molecule has 3 nitrogen and oxygen atoms in total. The Morgan fingerprint density at radius 1 is 1.60 bits per heavy atom. The highest BCUT2D eigenvalue weighted by Gasteiger charge is 2.45. The summed E-state index contributed by atoms with van der Waals surface area (Å²) >= 11 is 3.03. The maximum atomic E-state index is 13.8. The van der Waals surface area contributed by atoms with Crippen LogP contribution in [0.1, 0.15) is 18.4 Å². The first-order chi connectivity index (χ1) is 6.99. The van der Waals surface area contributed by atoms with E-state index < -0.39 is 11.4 Å². The quantitative estimate of drug-likeness (QED) is 0.871. The minimum Gasteiger partial charge on any atom is -0.504 e. The molecule has 82 valence electrons. The summed E-state index contributed by atoms with van der Waals surface area (Å²) in [7, 11) is 1.39. The van der Waals surface area contributed by atoms with Gasteiger partial charge in [0.25, 0.3) is 0 Å². The number of hydrogen-bond donors (Lipinski definition) is 2. The highest BCUT2D eigenvalue weighted by atomic mass is 79.9. The summed E-state index contributed by atoms with van der Waals surface area (Å²) in [5, 5.41) is 9.61. The summed E-state index contributed by atoms with van der Waals surface area (Å²) < 4.78 is 19.0. The van der Waals surface area contributed by atoms with Gasteiger partial charge in [0.2, 0.25) is 0 Å². The number of aromatic hydroxyl groups is 1. The Kier molecular flexibility index (Phi) is 2.39. The zero-order valence-electron chi connectivity index (χ0n) is 8.18. The number of benzene rings is 1. The number of hydrogen-bond acceptors (Lipinski definition) is 3. The van der Waals surface area contributed by atoms with Crippen molar-refractivity contribution >= 4 is 15.9 Å². The first kappa shape index (κ1) is 10.7. The van der Waals surface area contributed by atoms with Crippen LogP contribution in [0.25, 0.3) is 0 Å². The van der Waals surface area contributed by atoms with Gasteiger partial charge in [-0.15, -0.1) is 0 Å². The Labute approximate surface area is 95.2 Å². The number of halogens is 2. The van der Waals surface area contributed by atoms with E-state index in [0.29, 0.717) is 12.8 Å². The summed E-state index contributed by atoms with van der Waals surface area (Å²) in [6.45, 7) is 0. The SMILES string of the molecule is COc1c(O)cc(Br)c(F)c1C1(N)CC1. The molecule has 1 aliphatic carbocycles. The van der Waals surface area contributed by atoms with Crippen molar-refractivity contribution in [3.05, 3.63) is 21.9 Å². The number of nitrogens with two attached hydrogens (primary N) is 1. The molecule has 1 fully saturated rings. The van der Waals surface area contributed by atoms with E-state index in [2.05, 4.69) is 15.9 Å². The summed E-state index contributed by atoms with van der Waals surface area (Å²) in [6, 6.07) is 1.27. The van der Waals surface area contributed by atoms with Crippen LogP contribution in [-0.4, -0.2) is 12.2 Å². The second-order valence-corrected chi connectivity index (χ2v) is 4.61. The van der Waals surface area contributed by atoms with Crippen molar-refractivity contribution in [2.75, 3.05) is 7.11 Å². The van der Waals surface area contributed by atoms with Crippen LogP contribution in [-0.2, 0) is 5.54 Å². The molecule has 1 aliphatic rings. The van der Waals surface area contributed by atoms with Crippen LogP contribution in [0.15, 0.2) is 10.5 Å². The van der Waals surface area contributed by atoms with Gasteiger partial charge in [-0.05, 0) is 28.8 Å². The molecule has 15 heavy (non-hydrogen) atoms. The molecule has 0 aromatic heterocycles. The second kappa shape index (κ2) is 3.35. The molecule has 0 amide bonds. The van der Waals surface area contributed by atoms with Crippen LogP contribution in [0, 0.1) is 5.82 Å². The fourth-order valence-corrected chi connectivity index (χ4v) is 2.05. The van der Waals surface area contributed by atoms with Crippen molar-refractivity contribution in [3.8, 4) is 11.5 Å². The van der Waals surface area contributed by atoms with Crippen LogP contribution < -0.4 is 10.5 Å². The Hall–Kier alpha value is -0.810. The van der Waals surface area contributed by atoms with Gasteiger partial charge in [-0.1, -0.05) is 0 Å². The monoisotopic (exact) mass is 275 g/mol. The summed E-state index contributed by atoms with van der Waals surface area (Å²) in [5.74, 6) is -0.419. The fourth-order valence-electron chi connectivity index (χ4n) is 1.63. The van der Waals surface area contributed by atoms with E-state index in [9.17, 15) is 9.50 Å². The maximum Gasteiger partial charge on any atom is 0.168 e. The molecule has 0 unspecified atom stereocenters. The van der Waals surface area contributed by atoms with Gasteiger partial charge in [0.1, 0.15) is 5.82 Å². The number of phenols is 1. The van der Waals surface area contributed by atoms with E-state index in [1.807, 2.05) is 0 Å². The Morgan fingerprint density at radius 3 is 2.67 bits per heavy atom. The molecule has 5 heteroatoms. The lowest BCUT2D eigenvalue weighted by Gasteiger charge is -2.17. The van der Waals surface area contributed by atoms with Crippen molar-refractivity contribution in [1.82, 2.24) is 0 Å². The number of methoxy groups -OCH3 is 1. The summed E-state index contributed by atoms with van der Waals surface area (Å²) in [6.07, 6.45) is 1.41. The van der Waals surface area contributed by atoms with Crippen molar-refractivity contribution in [1.29, 1.82) is 0 Å². The van der Waals surface area contributed by atoms with Gasteiger partial charge >= 0.3 is 0 Å². The lowest BCUT2D eigenvalue weighted by molar-refractivity contribution is 0.358. The lowest BCUT2D eigenvalue weighted by Crippen LogP contribution is -2.21. The normalized spacial score (nSPS) is 17.6. The van der Waals surface area contributed by atoms with Crippen molar-refractivity contribution in [3.63, 3.8) is 0 Å². The molecular formula is C10H11BrFNO2. The van der Waals surface area contributed by atoms with Crippen LogP contribution in [0.3, 0.4) is 0 Å². The van der Waals surface area contributed by atoms with Gasteiger partial charge in [0.15, 0.2) is 11.5 Å². The summed E-state index contributed by atoms with van der Waals surface area (Å²) in [4.78, 5) is 0. The minimum atomic E-state index is -0.684. The highest BCUT2D eigenvalue weighted by Crippen LogP contribution is 2.51. The zero-order valence-corrected chi connectivity index (χ0v) is 9.77. The third-order valence-corrected chi connectivity index (χ3v) is 3.22. The number of phenolic OH excluding ortho intramolecular Hbond substituents is 1. The second-order valence-electron chi connectivity index (χ2n) is 3.76. The topological polar surface area (TPSA) is 55.5 Å². The molecule has 3 N–H and O–H groups in total. The van der Waals surface area contributed by atoms with Gasteiger partial charge in [-0.25, -0.2) is 4.39 Å². The van der Waals surface area contributed by atoms with Crippen LogP contribution >= 0.6 is 15.9 Å². The number of rotatable bonds is 2. The Bertz CT molecular complexity index is 418. The molecule has 0 spiro atoms. The summed E-state index contributed by atoms with van der Waals surface area (Å²) in [5.41, 5.74) is 5.51. The predicted molar refractivity (Wildman–Crippen MR) is 57.4 cm³/mol. The zero-order chi connectivity index (χ0) is 11.2. The van der Waals surface area contributed by atoms with Gasteiger partial charge in [0.05, 0.1) is 17.1 Å². The first-order valence-corrected chi connectivity index (χ1v) is 5.33. The molecule has 2 rings (SSSR count). The molecule has 0 aliphatic heterocycles. The van der Waals surface area contributed by atoms with Gasteiger partial charge in [-0.3, -0.25) is 0 Å². The molecule has 0 heterocycles. The van der Waals surface area contributed by atoms with Crippen LogP contribution in [0.4, 0.5) is 4.39 Å². The molecule has 0 radical (unpaired) electrons. The minimum absolute atomic E-state index is 0.0995. The number of ether oxygens (including phenoxy) is 1. The average Bonchev–Trinajstić information content (AvgIpc) is 2.90. The van der Waals surface area contributed by atoms with E-state index in [0.717, 1.165) is 0 Å². The van der Waals surface area contributed by atoms with E-state index in [4.69, 9.17) is 10.5 Å². The molecule has 1 aromatic rings. The first-order valence-electron chi connectivity index (χ1n) is 4.54. The van der Waals surface area contributed by atoms with Gasteiger partial charge in [0, 0.05) is 11.6 Å². The van der Waals surface area contributed by atoms with Crippen LogP contribution in [0.5, 0.6) is 11.5 Å². The highest BCUT2D eigenvalue weighted by molar-refractivity contribution is 9.10. The lowest BCUT2D eigenvalue weighted by atomic mass is 10.0. The third-order valence-electron chi connectivity index (χ3n) is 2.64. The largest absolute Gasteiger partial charge is 0.504 e. The maximum absolute atomic E-state index is 13.8. The van der Waals surface area contributed by atoms with E-state index in [1.54, 1.807) is 0 Å². The third kappa shape index (κ3) is 1.59. The molecule has 0 atom stereocenters. The van der Waals surface area contributed by atoms with Crippen LogP contribution in [0.2, 0.25) is 0 Å². The van der Waals surface area contributed by atoms with E-state index in [-0.39, 0.29) is 21.5 Å². The van der Waals surface area contributed by atoms with E-state index >= 15 is 0 Å². The average molecular weight is 276 g/mol. The molecular weight excluding hydrogens is 265 g/mol. The molecule has 0 saturated heterocycles. The molecule has 1 aromatic carbocycles. The van der Waals surface area contributed by atoms with Gasteiger partial charge < -0.3 is 15.6 Å². The van der Waals surface area contributed by atoms with E-state index in [1.165, 1.54) is 13.2 Å². The van der Waals surface area contributed by atoms with Crippen molar-refractivity contribution in [2.45, 2.75) is 18.4 Å². The standard InChI is InChI=1S/C10H11BrFNO2/c1-15-9-6(14)4-5(11)8(12)7(9)10(13)2-3-10/h4,14H,2-3,13H2,1H3. The predicted octanol–water partition coefficient (Wildman–Crippen LogP) is 2.25.